The summed E-state index contributed by atoms with van der Waals surface area (Å²) in [6.45, 7) is 1.14. The summed E-state index contributed by atoms with van der Waals surface area (Å²) in [4.78, 5) is 10.4. The fourth-order valence-corrected chi connectivity index (χ4v) is 0.963. The van der Waals surface area contributed by atoms with Crippen LogP contribution in [0.15, 0.2) is 18.2 Å². The summed E-state index contributed by atoms with van der Waals surface area (Å²) in [5.74, 6) is -1.68. The standard InChI is InChI=1S/C9H8F2O2/c1-9(13,5-12)7-3-2-6(10)4-8(7)11/h2-5,13H,1H3. The molecule has 0 aliphatic rings. The third-order valence-electron chi connectivity index (χ3n) is 1.71. The topological polar surface area (TPSA) is 37.3 Å². The minimum Gasteiger partial charge on any atom is -0.378 e. The molecule has 2 nitrogen and oxygen atoms in total. The predicted molar refractivity (Wildman–Crippen MR) is 42.0 cm³/mol. The number of carbonyl (C=O) groups is 1. The third kappa shape index (κ3) is 1.89. The molecule has 13 heavy (non-hydrogen) atoms. The van der Waals surface area contributed by atoms with Gasteiger partial charge in [0, 0.05) is 11.6 Å². The van der Waals surface area contributed by atoms with Crippen molar-refractivity contribution in [1.29, 1.82) is 0 Å². The van der Waals surface area contributed by atoms with Crippen LogP contribution in [-0.4, -0.2) is 11.4 Å². The Morgan fingerprint density at radius 2 is 2.08 bits per heavy atom. The molecule has 0 bridgehead atoms. The van der Waals surface area contributed by atoms with Crippen LogP contribution in [0.1, 0.15) is 12.5 Å². The largest absolute Gasteiger partial charge is 0.378 e. The van der Waals surface area contributed by atoms with E-state index >= 15 is 0 Å². The number of hydrogen-bond acceptors (Lipinski definition) is 2. The molecule has 0 spiro atoms. The lowest BCUT2D eigenvalue weighted by Crippen LogP contribution is -2.24. The maximum Gasteiger partial charge on any atom is 0.155 e. The Morgan fingerprint density at radius 3 is 2.54 bits per heavy atom. The van der Waals surface area contributed by atoms with Crippen molar-refractivity contribution in [2.45, 2.75) is 12.5 Å². The van der Waals surface area contributed by atoms with E-state index in [-0.39, 0.29) is 11.8 Å². The molecule has 0 amide bonds. The molecule has 4 heteroatoms. The molecule has 1 atom stereocenters. The highest BCUT2D eigenvalue weighted by Crippen LogP contribution is 2.21. The maximum atomic E-state index is 13.0. The summed E-state index contributed by atoms with van der Waals surface area (Å²) in [7, 11) is 0. The first-order chi connectivity index (χ1) is 5.97. The zero-order valence-corrected chi connectivity index (χ0v) is 6.92. The van der Waals surface area contributed by atoms with E-state index in [1.807, 2.05) is 0 Å². The van der Waals surface area contributed by atoms with E-state index in [9.17, 15) is 18.7 Å². The van der Waals surface area contributed by atoms with Gasteiger partial charge < -0.3 is 5.11 Å². The van der Waals surface area contributed by atoms with Gasteiger partial charge in [-0.1, -0.05) is 0 Å². The van der Waals surface area contributed by atoms with Crippen LogP contribution in [-0.2, 0) is 10.4 Å². The summed E-state index contributed by atoms with van der Waals surface area (Å²) in [5, 5.41) is 9.34. The van der Waals surface area contributed by atoms with Crippen molar-refractivity contribution in [2.75, 3.05) is 0 Å². The second-order valence-corrected chi connectivity index (χ2v) is 2.89. The van der Waals surface area contributed by atoms with Gasteiger partial charge >= 0.3 is 0 Å². The van der Waals surface area contributed by atoms with Gasteiger partial charge in [-0.15, -0.1) is 0 Å². The highest BCUT2D eigenvalue weighted by Gasteiger charge is 2.25. The first kappa shape index (κ1) is 9.80. The van der Waals surface area contributed by atoms with Crippen LogP contribution < -0.4 is 0 Å². The summed E-state index contributed by atoms with van der Waals surface area (Å²) >= 11 is 0. The Labute approximate surface area is 73.8 Å². The van der Waals surface area contributed by atoms with E-state index < -0.39 is 17.2 Å². The van der Waals surface area contributed by atoms with Crippen LogP contribution in [0.3, 0.4) is 0 Å². The molecule has 0 fully saturated rings. The fourth-order valence-electron chi connectivity index (χ4n) is 0.963. The SMILES string of the molecule is CC(O)(C=O)c1ccc(F)cc1F. The highest BCUT2D eigenvalue weighted by atomic mass is 19.1. The van der Waals surface area contributed by atoms with E-state index in [0.29, 0.717) is 6.07 Å². The monoisotopic (exact) mass is 186 g/mol. The van der Waals surface area contributed by atoms with Gasteiger partial charge in [-0.3, -0.25) is 4.79 Å². The maximum absolute atomic E-state index is 13.0. The molecule has 0 aliphatic heterocycles. The number of hydrogen-bond donors (Lipinski definition) is 1. The highest BCUT2D eigenvalue weighted by molar-refractivity contribution is 5.65. The molecule has 70 valence electrons. The van der Waals surface area contributed by atoms with Gasteiger partial charge in [0.2, 0.25) is 0 Å². The van der Waals surface area contributed by atoms with E-state index in [1.54, 1.807) is 0 Å². The van der Waals surface area contributed by atoms with E-state index in [2.05, 4.69) is 0 Å². The van der Waals surface area contributed by atoms with Crippen molar-refractivity contribution in [3.8, 4) is 0 Å². The smallest absolute Gasteiger partial charge is 0.155 e. The van der Waals surface area contributed by atoms with E-state index in [1.165, 1.54) is 0 Å². The molecule has 0 saturated carbocycles. The Balaban J connectivity index is 3.23. The van der Waals surface area contributed by atoms with Crippen molar-refractivity contribution in [1.82, 2.24) is 0 Å². The van der Waals surface area contributed by atoms with Gasteiger partial charge in [-0.25, -0.2) is 8.78 Å². The number of aliphatic hydroxyl groups is 1. The Bertz CT molecular complexity index is 334. The molecule has 0 radical (unpaired) electrons. The molecule has 1 N–H and O–H groups in total. The van der Waals surface area contributed by atoms with Crippen LogP contribution in [0.5, 0.6) is 0 Å². The molecule has 0 saturated heterocycles. The quantitative estimate of drug-likeness (QED) is 0.708. The first-order valence-electron chi connectivity index (χ1n) is 3.61. The van der Waals surface area contributed by atoms with Crippen LogP contribution >= 0.6 is 0 Å². The number of benzene rings is 1. The van der Waals surface area contributed by atoms with E-state index in [0.717, 1.165) is 19.1 Å². The Morgan fingerprint density at radius 1 is 1.46 bits per heavy atom. The number of aldehydes is 1. The molecule has 1 unspecified atom stereocenters. The average Bonchev–Trinajstić information content (AvgIpc) is 2.03. The number of rotatable bonds is 2. The molecule has 0 aliphatic carbocycles. The predicted octanol–water partition coefficient (Wildman–Crippen LogP) is 1.37. The first-order valence-corrected chi connectivity index (χ1v) is 3.61. The van der Waals surface area contributed by atoms with Crippen LogP contribution in [0.4, 0.5) is 8.78 Å². The van der Waals surface area contributed by atoms with Crippen molar-refractivity contribution in [3.63, 3.8) is 0 Å². The second-order valence-electron chi connectivity index (χ2n) is 2.89. The zero-order valence-electron chi connectivity index (χ0n) is 6.92. The Kier molecular flexibility index (Phi) is 2.43. The van der Waals surface area contributed by atoms with Gasteiger partial charge in [-0.05, 0) is 19.1 Å². The van der Waals surface area contributed by atoms with Crippen LogP contribution in [0.25, 0.3) is 0 Å². The molecule has 0 heterocycles. The molecular formula is C9H8F2O2. The van der Waals surface area contributed by atoms with E-state index in [4.69, 9.17) is 0 Å². The lowest BCUT2D eigenvalue weighted by Gasteiger charge is -2.16. The van der Waals surface area contributed by atoms with Crippen LogP contribution in [0, 0.1) is 11.6 Å². The van der Waals surface area contributed by atoms with Gasteiger partial charge in [-0.2, -0.15) is 0 Å². The molecular weight excluding hydrogens is 178 g/mol. The average molecular weight is 186 g/mol. The number of carbonyl (C=O) groups excluding carboxylic acids is 1. The third-order valence-corrected chi connectivity index (χ3v) is 1.71. The van der Waals surface area contributed by atoms with Gasteiger partial charge in [0.15, 0.2) is 6.29 Å². The molecule has 1 rings (SSSR count). The van der Waals surface area contributed by atoms with Crippen molar-refractivity contribution < 1.29 is 18.7 Å². The molecule has 1 aromatic carbocycles. The number of halogens is 2. The summed E-state index contributed by atoms with van der Waals surface area (Å²) in [5.41, 5.74) is -2.14. The second kappa shape index (κ2) is 3.22. The lowest BCUT2D eigenvalue weighted by atomic mass is 9.97. The van der Waals surface area contributed by atoms with Crippen molar-refractivity contribution in [3.05, 3.63) is 35.4 Å². The summed E-state index contributed by atoms with van der Waals surface area (Å²) in [6.07, 6.45) is 0.198. The minimum atomic E-state index is -1.90. The summed E-state index contributed by atoms with van der Waals surface area (Å²) < 4.78 is 25.4. The van der Waals surface area contributed by atoms with Crippen molar-refractivity contribution in [2.24, 2.45) is 0 Å². The van der Waals surface area contributed by atoms with Crippen molar-refractivity contribution >= 4 is 6.29 Å². The van der Waals surface area contributed by atoms with Crippen LogP contribution in [0.2, 0.25) is 0 Å². The normalized spacial score (nSPS) is 15.1. The van der Waals surface area contributed by atoms with Gasteiger partial charge in [0.25, 0.3) is 0 Å². The minimum absolute atomic E-state index is 0.198. The summed E-state index contributed by atoms with van der Waals surface area (Å²) in [6, 6.07) is 2.64. The van der Waals surface area contributed by atoms with Gasteiger partial charge in [0.05, 0.1) is 0 Å². The molecule has 1 aromatic rings. The lowest BCUT2D eigenvalue weighted by molar-refractivity contribution is -0.123. The zero-order chi connectivity index (χ0) is 10.1. The fraction of sp³-hybridized carbons (Fsp3) is 0.222. The molecule has 0 aromatic heterocycles. The Hall–Kier alpha value is -1.29. The van der Waals surface area contributed by atoms with Gasteiger partial charge in [0.1, 0.15) is 17.2 Å².